The first-order chi connectivity index (χ1) is 11.0. The molecule has 4 nitrogen and oxygen atoms in total. The van der Waals surface area contributed by atoms with Crippen LogP contribution in [0.2, 0.25) is 0 Å². The van der Waals surface area contributed by atoms with Crippen LogP contribution >= 0.6 is 31.9 Å². The van der Waals surface area contributed by atoms with Crippen molar-refractivity contribution < 1.29 is 19.0 Å². The first kappa shape index (κ1) is 17.8. The third-order valence-corrected chi connectivity index (χ3v) is 4.12. The molecule has 0 unspecified atom stereocenters. The van der Waals surface area contributed by atoms with Gasteiger partial charge in [-0.25, -0.2) is 0 Å². The second kappa shape index (κ2) is 8.36. The van der Waals surface area contributed by atoms with Crippen LogP contribution in [0.3, 0.4) is 0 Å². The molecular formula is C17H16Br2O4. The van der Waals surface area contributed by atoms with Crippen LogP contribution in [0.1, 0.15) is 19.8 Å². The Labute approximate surface area is 152 Å². The summed E-state index contributed by atoms with van der Waals surface area (Å²) >= 11 is 6.88. The Morgan fingerprint density at radius 3 is 2.09 bits per heavy atom. The van der Waals surface area contributed by atoms with Crippen LogP contribution in [-0.4, -0.2) is 13.1 Å². The van der Waals surface area contributed by atoms with E-state index in [0.29, 0.717) is 32.6 Å². The lowest BCUT2D eigenvalue weighted by Gasteiger charge is -2.12. The Balaban J connectivity index is 2.17. The van der Waals surface area contributed by atoms with Gasteiger partial charge >= 0.3 is 5.97 Å². The molecule has 0 aromatic heterocycles. The van der Waals surface area contributed by atoms with E-state index >= 15 is 0 Å². The molecule has 0 saturated heterocycles. The van der Waals surface area contributed by atoms with Crippen molar-refractivity contribution in [2.75, 3.05) is 7.11 Å². The number of carbonyl (C=O) groups is 1. The number of ether oxygens (including phenoxy) is 3. The third kappa shape index (κ3) is 4.97. The van der Waals surface area contributed by atoms with Crippen LogP contribution in [0.5, 0.6) is 23.0 Å². The molecule has 2 rings (SSSR count). The summed E-state index contributed by atoms with van der Waals surface area (Å²) in [6.45, 7) is 1.93. The van der Waals surface area contributed by atoms with E-state index in [1.54, 1.807) is 19.2 Å². The van der Waals surface area contributed by atoms with Crippen LogP contribution < -0.4 is 14.2 Å². The third-order valence-electron chi connectivity index (χ3n) is 2.94. The molecule has 6 heteroatoms. The number of benzene rings is 2. The average Bonchev–Trinajstić information content (AvgIpc) is 2.52. The fourth-order valence-corrected chi connectivity index (χ4v) is 3.15. The normalized spacial score (nSPS) is 10.3. The molecule has 0 aliphatic heterocycles. The van der Waals surface area contributed by atoms with E-state index in [0.717, 1.165) is 12.2 Å². The van der Waals surface area contributed by atoms with Crippen molar-refractivity contribution >= 4 is 37.8 Å². The minimum Gasteiger partial charge on any atom is -0.497 e. The van der Waals surface area contributed by atoms with Crippen LogP contribution in [0, 0.1) is 0 Å². The first-order valence-electron chi connectivity index (χ1n) is 7.05. The maximum Gasteiger partial charge on any atom is 0.311 e. The number of esters is 1. The molecule has 0 atom stereocenters. The molecule has 0 amide bonds. The topological polar surface area (TPSA) is 44.8 Å². The van der Waals surface area contributed by atoms with Gasteiger partial charge in [-0.1, -0.05) is 6.92 Å². The number of rotatable bonds is 6. The smallest absolute Gasteiger partial charge is 0.311 e. The maximum absolute atomic E-state index is 11.6. The highest BCUT2D eigenvalue weighted by Gasteiger charge is 2.13. The highest BCUT2D eigenvalue weighted by Crippen LogP contribution is 2.40. The van der Waals surface area contributed by atoms with E-state index < -0.39 is 0 Å². The number of methoxy groups -OCH3 is 1. The summed E-state index contributed by atoms with van der Waals surface area (Å²) in [6.07, 6.45) is 1.14. The Hall–Kier alpha value is -1.53. The lowest BCUT2D eigenvalue weighted by Crippen LogP contribution is -2.07. The van der Waals surface area contributed by atoms with E-state index in [1.165, 1.54) is 0 Å². The summed E-state index contributed by atoms with van der Waals surface area (Å²) in [5.41, 5.74) is 0. The van der Waals surface area contributed by atoms with Gasteiger partial charge in [-0.2, -0.15) is 0 Å². The van der Waals surface area contributed by atoms with Gasteiger partial charge in [-0.05, 0) is 74.7 Å². The molecule has 0 fully saturated rings. The van der Waals surface area contributed by atoms with E-state index in [2.05, 4.69) is 31.9 Å². The Morgan fingerprint density at radius 1 is 1.00 bits per heavy atom. The van der Waals surface area contributed by atoms with Gasteiger partial charge in [0.1, 0.15) is 17.2 Å². The minimum atomic E-state index is -0.255. The summed E-state index contributed by atoms with van der Waals surface area (Å²) in [7, 11) is 1.61. The molecule has 0 saturated carbocycles. The van der Waals surface area contributed by atoms with Gasteiger partial charge in [0, 0.05) is 6.42 Å². The molecule has 0 heterocycles. The second-order valence-electron chi connectivity index (χ2n) is 4.72. The number of carbonyl (C=O) groups excluding carboxylic acids is 1. The maximum atomic E-state index is 11.6. The predicted octanol–water partition coefficient (Wildman–Crippen LogP) is 5.72. The van der Waals surface area contributed by atoms with Gasteiger partial charge in [0.05, 0.1) is 16.1 Å². The highest BCUT2D eigenvalue weighted by atomic mass is 79.9. The largest absolute Gasteiger partial charge is 0.497 e. The number of hydrogen-bond acceptors (Lipinski definition) is 4. The fourth-order valence-electron chi connectivity index (χ4n) is 1.84. The molecule has 2 aromatic carbocycles. The molecule has 0 aliphatic carbocycles. The standard InChI is InChI=1S/C17H16Br2O4/c1-3-4-16(20)22-13-9-14(18)17(15(19)10-13)23-12-7-5-11(21-2)6-8-12/h5-10H,3-4H2,1-2H3. The summed E-state index contributed by atoms with van der Waals surface area (Å²) in [5.74, 6) is 2.24. The highest BCUT2D eigenvalue weighted by molar-refractivity contribution is 9.11. The van der Waals surface area contributed by atoms with E-state index in [4.69, 9.17) is 14.2 Å². The van der Waals surface area contributed by atoms with Crippen molar-refractivity contribution in [1.82, 2.24) is 0 Å². The molecule has 0 spiro atoms. The molecule has 122 valence electrons. The molecule has 0 bridgehead atoms. The van der Waals surface area contributed by atoms with Crippen LogP contribution in [-0.2, 0) is 4.79 Å². The molecular weight excluding hydrogens is 428 g/mol. The van der Waals surface area contributed by atoms with Crippen LogP contribution in [0.25, 0.3) is 0 Å². The minimum absolute atomic E-state index is 0.255. The van der Waals surface area contributed by atoms with Gasteiger partial charge in [0.2, 0.25) is 0 Å². The Kier molecular flexibility index (Phi) is 6.47. The van der Waals surface area contributed by atoms with Crippen molar-refractivity contribution in [2.45, 2.75) is 19.8 Å². The van der Waals surface area contributed by atoms with Gasteiger partial charge in [-0.3, -0.25) is 4.79 Å². The Morgan fingerprint density at radius 2 is 1.57 bits per heavy atom. The van der Waals surface area contributed by atoms with Crippen LogP contribution in [0.4, 0.5) is 0 Å². The van der Waals surface area contributed by atoms with Gasteiger partial charge in [0.25, 0.3) is 0 Å². The molecule has 23 heavy (non-hydrogen) atoms. The van der Waals surface area contributed by atoms with Crippen molar-refractivity contribution in [3.8, 4) is 23.0 Å². The quantitative estimate of drug-likeness (QED) is 0.423. The van der Waals surface area contributed by atoms with E-state index in [-0.39, 0.29) is 5.97 Å². The summed E-state index contributed by atoms with van der Waals surface area (Å²) in [5, 5.41) is 0. The van der Waals surface area contributed by atoms with Crippen molar-refractivity contribution in [3.63, 3.8) is 0 Å². The summed E-state index contributed by atoms with van der Waals surface area (Å²) < 4.78 is 17.6. The van der Waals surface area contributed by atoms with Crippen molar-refractivity contribution in [3.05, 3.63) is 45.3 Å². The zero-order chi connectivity index (χ0) is 16.8. The predicted molar refractivity (Wildman–Crippen MR) is 95.5 cm³/mol. The molecule has 0 radical (unpaired) electrons. The fraction of sp³-hybridized carbons (Fsp3) is 0.235. The van der Waals surface area contributed by atoms with Gasteiger partial charge in [-0.15, -0.1) is 0 Å². The van der Waals surface area contributed by atoms with Crippen molar-refractivity contribution in [2.24, 2.45) is 0 Å². The SMILES string of the molecule is CCCC(=O)Oc1cc(Br)c(Oc2ccc(OC)cc2)c(Br)c1. The molecule has 0 N–H and O–H groups in total. The Bertz CT molecular complexity index is 660. The summed E-state index contributed by atoms with van der Waals surface area (Å²) in [4.78, 5) is 11.6. The van der Waals surface area contributed by atoms with E-state index in [1.807, 2.05) is 31.2 Å². The average molecular weight is 444 g/mol. The van der Waals surface area contributed by atoms with Crippen molar-refractivity contribution in [1.29, 1.82) is 0 Å². The van der Waals surface area contributed by atoms with Crippen LogP contribution in [0.15, 0.2) is 45.3 Å². The number of halogens is 2. The molecule has 0 aliphatic rings. The first-order valence-corrected chi connectivity index (χ1v) is 8.63. The van der Waals surface area contributed by atoms with Gasteiger partial charge < -0.3 is 14.2 Å². The lowest BCUT2D eigenvalue weighted by atomic mass is 10.3. The van der Waals surface area contributed by atoms with E-state index in [9.17, 15) is 4.79 Å². The zero-order valence-electron chi connectivity index (χ0n) is 12.8. The number of hydrogen-bond donors (Lipinski definition) is 0. The zero-order valence-corrected chi connectivity index (χ0v) is 15.9. The second-order valence-corrected chi connectivity index (χ2v) is 6.43. The summed E-state index contributed by atoms with van der Waals surface area (Å²) in [6, 6.07) is 10.7. The van der Waals surface area contributed by atoms with Gasteiger partial charge in [0.15, 0.2) is 5.75 Å². The lowest BCUT2D eigenvalue weighted by molar-refractivity contribution is -0.134. The monoisotopic (exact) mass is 442 g/mol. The molecule has 2 aromatic rings.